The smallest absolute Gasteiger partial charge is 0.337 e. The molecule has 0 aliphatic carbocycles. The third-order valence-corrected chi connectivity index (χ3v) is 3.36. The third kappa shape index (κ3) is 3.31. The summed E-state index contributed by atoms with van der Waals surface area (Å²) in [6.07, 6.45) is 1.22. The average Bonchev–Trinajstić information content (AvgIpc) is 2.53. The van der Waals surface area contributed by atoms with Crippen LogP contribution in [0.5, 0.6) is 6.01 Å². The van der Waals surface area contributed by atoms with Gasteiger partial charge in [-0.3, -0.25) is 9.78 Å². The molecule has 0 saturated carbocycles. The molecule has 0 radical (unpaired) electrons. The molecule has 0 atom stereocenters. The molecule has 1 aromatic carbocycles. The van der Waals surface area contributed by atoms with Crippen LogP contribution in [0.4, 0.5) is 0 Å². The Bertz CT molecular complexity index is 929. The van der Waals surface area contributed by atoms with Crippen molar-refractivity contribution in [1.29, 1.82) is 0 Å². The zero-order valence-electron chi connectivity index (χ0n) is 12.7. The van der Waals surface area contributed by atoms with Crippen LogP contribution in [-0.4, -0.2) is 16.6 Å². The van der Waals surface area contributed by atoms with E-state index >= 15 is 0 Å². The summed E-state index contributed by atoms with van der Waals surface area (Å²) < 4.78 is 10.4. The second-order valence-corrected chi connectivity index (χ2v) is 5.15. The van der Waals surface area contributed by atoms with E-state index in [9.17, 15) is 9.59 Å². The van der Waals surface area contributed by atoms with Crippen molar-refractivity contribution < 1.29 is 9.15 Å². The first-order valence-corrected chi connectivity index (χ1v) is 7.41. The number of rotatable bonds is 5. The molecule has 0 unspecified atom stereocenters. The van der Waals surface area contributed by atoms with Gasteiger partial charge in [-0.15, -0.1) is 0 Å². The number of benzene rings is 1. The van der Waals surface area contributed by atoms with Gasteiger partial charge in [0.2, 0.25) is 5.71 Å². The van der Waals surface area contributed by atoms with Crippen molar-refractivity contribution in [3.05, 3.63) is 68.3 Å². The van der Waals surface area contributed by atoms with Gasteiger partial charge in [-0.1, -0.05) is 37.3 Å². The van der Waals surface area contributed by atoms with Gasteiger partial charge in [-0.2, -0.15) is 4.98 Å². The molecule has 3 rings (SSSR count). The van der Waals surface area contributed by atoms with Crippen LogP contribution in [0.15, 0.2) is 50.4 Å². The summed E-state index contributed by atoms with van der Waals surface area (Å²) in [6.45, 7) is 2.36. The van der Waals surface area contributed by atoms with E-state index in [1.807, 2.05) is 37.3 Å². The maximum atomic E-state index is 12.3. The van der Waals surface area contributed by atoms with Gasteiger partial charge in [0.25, 0.3) is 11.6 Å². The van der Waals surface area contributed by atoms with Crippen molar-refractivity contribution in [3.63, 3.8) is 0 Å². The minimum atomic E-state index is -0.539. The number of nitrogens with zero attached hydrogens (tertiary/aromatic N) is 1. The second kappa shape index (κ2) is 6.48. The molecule has 0 amide bonds. The van der Waals surface area contributed by atoms with Gasteiger partial charge in [-0.05, 0) is 24.0 Å². The number of aromatic amines is 1. The minimum absolute atomic E-state index is 0.00159. The van der Waals surface area contributed by atoms with E-state index in [0.717, 1.165) is 12.0 Å². The van der Waals surface area contributed by atoms with Gasteiger partial charge in [0.1, 0.15) is 5.39 Å². The molecule has 3 aromatic rings. The molecule has 1 N–H and O–H groups in total. The van der Waals surface area contributed by atoms with E-state index in [2.05, 4.69) is 9.97 Å². The van der Waals surface area contributed by atoms with Gasteiger partial charge in [0, 0.05) is 6.07 Å². The van der Waals surface area contributed by atoms with E-state index in [0.29, 0.717) is 18.6 Å². The fraction of sp³-hybridized carbons (Fsp3) is 0.235. The van der Waals surface area contributed by atoms with Gasteiger partial charge >= 0.3 is 5.63 Å². The molecule has 6 heteroatoms. The molecular weight excluding hydrogens is 296 g/mol. The molecule has 0 aliphatic rings. The van der Waals surface area contributed by atoms with Crippen LogP contribution >= 0.6 is 0 Å². The first kappa shape index (κ1) is 15.0. The van der Waals surface area contributed by atoms with Crippen molar-refractivity contribution in [1.82, 2.24) is 9.97 Å². The largest absolute Gasteiger partial charge is 0.465 e. The Kier molecular flexibility index (Phi) is 4.23. The van der Waals surface area contributed by atoms with Crippen LogP contribution in [0, 0.1) is 0 Å². The highest BCUT2D eigenvalue weighted by Gasteiger charge is 2.13. The molecule has 0 saturated heterocycles. The van der Waals surface area contributed by atoms with Crippen LogP contribution in [0.25, 0.3) is 11.1 Å². The van der Waals surface area contributed by atoms with Crippen LogP contribution in [0.2, 0.25) is 0 Å². The Morgan fingerprint density at radius 2 is 2.00 bits per heavy atom. The molecule has 6 nitrogen and oxygen atoms in total. The molecule has 0 spiro atoms. The Hall–Kier alpha value is -2.89. The fourth-order valence-electron chi connectivity index (χ4n) is 2.35. The Balaban J connectivity index is 2.11. The molecule has 0 fully saturated rings. The van der Waals surface area contributed by atoms with E-state index < -0.39 is 5.63 Å². The van der Waals surface area contributed by atoms with Crippen LogP contribution in [0.1, 0.15) is 24.5 Å². The van der Waals surface area contributed by atoms with E-state index in [4.69, 9.17) is 9.15 Å². The number of nitrogens with one attached hydrogen (secondary N) is 1. The monoisotopic (exact) mass is 312 g/mol. The van der Waals surface area contributed by atoms with Crippen molar-refractivity contribution in [2.45, 2.75) is 19.8 Å². The zero-order valence-corrected chi connectivity index (χ0v) is 12.7. The Morgan fingerprint density at radius 3 is 2.74 bits per heavy atom. The minimum Gasteiger partial charge on any atom is -0.465 e. The number of ether oxygens (including phenoxy) is 1. The quantitative estimate of drug-likeness (QED) is 0.781. The average molecular weight is 312 g/mol. The number of fused-ring (bicyclic) bond motifs is 1. The highest BCUT2D eigenvalue weighted by atomic mass is 16.5. The summed E-state index contributed by atoms with van der Waals surface area (Å²) in [5, 5.41) is 0.275. The Morgan fingerprint density at radius 1 is 1.22 bits per heavy atom. The molecule has 2 aromatic heterocycles. The fourth-order valence-corrected chi connectivity index (χ4v) is 2.35. The number of H-pyrrole nitrogens is 1. The topological polar surface area (TPSA) is 85.2 Å². The summed E-state index contributed by atoms with van der Waals surface area (Å²) in [7, 11) is 0. The van der Waals surface area contributed by atoms with Gasteiger partial charge in [0.05, 0.1) is 6.61 Å². The third-order valence-electron chi connectivity index (χ3n) is 3.36. The van der Waals surface area contributed by atoms with Crippen LogP contribution in [0.3, 0.4) is 0 Å². The lowest BCUT2D eigenvalue weighted by Crippen LogP contribution is -2.15. The van der Waals surface area contributed by atoms with Crippen LogP contribution in [-0.2, 0) is 6.42 Å². The van der Waals surface area contributed by atoms with Gasteiger partial charge in [0.15, 0.2) is 0 Å². The van der Waals surface area contributed by atoms with Crippen molar-refractivity contribution in [2.24, 2.45) is 0 Å². The zero-order chi connectivity index (χ0) is 16.2. The van der Waals surface area contributed by atoms with Gasteiger partial charge in [-0.25, -0.2) is 4.79 Å². The molecule has 0 bridgehead atoms. The van der Waals surface area contributed by atoms with Crippen LogP contribution < -0.4 is 15.9 Å². The predicted octanol–water partition coefficient (Wildman–Crippen LogP) is 2.26. The molecule has 23 heavy (non-hydrogen) atoms. The van der Waals surface area contributed by atoms with Crippen molar-refractivity contribution in [2.75, 3.05) is 6.61 Å². The maximum absolute atomic E-state index is 12.3. The second-order valence-electron chi connectivity index (χ2n) is 5.15. The standard InChI is InChI=1S/C17H16N2O4/c1-2-8-22-17-18-15(21)14-12(9-11-6-4-3-5-7-11)10-13(20)23-16(14)19-17/h3-7,10H,2,8-9H2,1H3,(H,18,19,21). The first-order valence-electron chi connectivity index (χ1n) is 7.41. The molecule has 2 heterocycles. The lowest BCUT2D eigenvalue weighted by molar-refractivity contribution is 0.291. The lowest BCUT2D eigenvalue weighted by atomic mass is 10.0. The highest BCUT2D eigenvalue weighted by Crippen LogP contribution is 2.16. The highest BCUT2D eigenvalue weighted by molar-refractivity contribution is 5.76. The van der Waals surface area contributed by atoms with Crippen molar-refractivity contribution in [3.8, 4) is 6.01 Å². The summed E-state index contributed by atoms with van der Waals surface area (Å²) in [4.78, 5) is 30.8. The summed E-state index contributed by atoms with van der Waals surface area (Å²) in [6, 6.07) is 11.0. The summed E-state index contributed by atoms with van der Waals surface area (Å²) in [5.41, 5.74) is 0.653. The van der Waals surface area contributed by atoms with Crippen molar-refractivity contribution >= 4 is 11.1 Å². The van der Waals surface area contributed by atoms with Gasteiger partial charge < -0.3 is 9.15 Å². The molecular formula is C17H16N2O4. The number of hydrogen-bond donors (Lipinski definition) is 1. The van der Waals surface area contributed by atoms with E-state index in [1.54, 1.807) is 0 Å². The normalized spacial score (nSPS) is 10.8. The number of hydrogen-bond acceptors (Lipinski definition) is 5. The number of aromatic nitrogens is 2. The van der Waals surface area contributed by atoms with E-state index in [1.165, 1.54) is 6.07 Å². The Labute approximate surface area is 131 Å². The SMILES string of the molecule is CCCOc1nc2oc(=O)cc(Cc3ccccc3)c2c(=O)[nH]1. The molecule has 0 aliphatic heterocycles. The summed E-state index contributed by atoms with van der Waals surface area (Å²) in [5.74, 6) is 0. The van der Waals surface area contributed by atoms with E-state index in [-0.39, 0.29) is 22.7 Å². The maximum Gasteiger partial charge on any atom is 0.337 e. The molecule has 118 valence electrons. The summed E-state index contributed by atoms with van der Waals surface area (Å²) >= 11 is 0. The predicted molar refractivity (Wildman–Crippen MR) is 85.9 cm³/mol. The lowest BCUT2D eigenvalue weighted by Gasteiger charge is -2.07. The first-order chi connectivity index (χ1) is 11.2.